The average Bonchev–Trinajstić information content (AvgIpc) is 3.36. The van der Waals surface area contributed by atoms with Gasteiger partial charge >= 0.3 is 0 Å². The van der Waals surface area contributed by atoms with Gasteiger partial charge in [0.15, 0.2) is 0 Å². The van der Waals surface area contributed by atoms with Crippen LogP contribution in [0.2, 0.25) is 5.02 Å². The van der Waals surface area contributed by atoms with Gasteiger partial charge < -0.3 is 4.57 Å². The maximum atomic E-state index is 11.9. The molecular weight excluding hydrogens is 338 g/mol. The van der Waals surface area contributed by atoms with Crippen LogP contribution in [0.15, 0.2) is 36.4 Å². The normalized spacial score (nSPS) is 13.9. The molecule has 1 aromatic heterocycles. The molecule has 25 heavy (non-hydrogen) atoms. The second kappa shape index (κ2) is 7.15. The van der Waals surface area contributed by atoms with Crippen LogP contribution < -0.4 is 10.9 Å². The van der Waals surface area contributed by atoms with Crippen molar-refractivity contribution in [3.8, 4) is 0 Å². The molecule has 2 amide bonds. The minimum Gasteiger partial charge on any atom is -0.346 e. The van der Waals surface area contributed by atoms with E-state index in [1.165, 1.54) is 30.7 Å². The monoisotopic (exact) mass is 357 g/mol. The Hall–Kier alpha value is -2.53. The van der Waals surface area contributed by atoms with Gasteiger partial charge in [-0.05, 0) is 62.6 Å². The van der Waals surface area contributed by atoms with E-state index in [9.17, 15) is 9.59 Å². The van der Waals surface area contributed by atoms with E-state index in [2.05, 4.69) is 35.3 Å². The van der Waals surface area contributed by atoms with Gasteiger partial charge in [-0.25, -0.2) is 0 Å². The standard InChI is InChI=1S/C19H20ClN3O2/c1-12-10-14(13(2)23(12)17-7-8-17)6-9-18(24)21-22-19(25)15-4-3-5-16(20)11-15/h3-6,9-11,17H,7-8H2,1-2H3,(H,21,24)(H,22,25)/b9-6+. The maximum Gasteiger partial charge on any atom is 0.269 e. The number of hydrogen-bond donors (Lipinski definition) is 2. The highest BCUT2D eigenvalue weighted by Crippen LogP contribution is 2.38. The van der Waals surface area contributed by atoms with E-state index < -0.39 is 11.8 Å². The molecule has 0 bridgehead atoms. The number of hydrazine groups is 1. The number of halogens is 1. The lowest BCUT2D eigenvalue weighted by molar-refractivity contribution is -0.117. The van der Waals surface area contributed by atoms with Crippen LogP contribution in [0.4, 0.5) is 0 Å². The Morgan fingerprint density at radius 1 is 1.20 bits per heavy atom. The summed E-state index contributed by atoms with van der Waals surface area (Å²) < 4.78 is 2.32. The summed E-state index contributed by atoms with van der Waals surface area (Å²) in [4.78, 5) is 23.9. The molecular formula is C19H20ClN3O2. The van der Waals surface area contributed by atoms with Crippen molar-refractivity contribution in [1.29, 1.82) is 0 Å². The van der Waals surface area contributed by atoms with Gasteiger partial charge in [0.1, 0.15) is 0 Å². The van der Waals surface area contributed by atoms with E-state index in [1.807, 2.05) is 0 Å². The van der Waals surface area contributed by atoms with E-state index >= 15 is 0 Å². The van der Waals surface area contributed by atoms with Gasteiger partial charge in [-0.2, -0.15) is 0 Å². The molecule has 2 N–H and O–H groups in total. The fourth-order valence-corrected chi connectivity index (χ4v) is 3.08. The molecule has 1 fully saturated rings. The number of amides is 2. The summed E-state index contributed by atoms with van der Waals surface area (Å²) >= 11 is 5.84. The van der Waals surface area contributed by atoms with E-state index in [1.54, 1.807) is 24.3 Å². The molecule has 130 valence electrons. The molecule has 0 unspecified atom stereocenters. The third-order valence-corrected chi connectivity index (χ3v) is 4.47. The molecule has 1 heterocycles. The zero-order valence-electron chi connectivity index (χ0n) is 14.2. The van der Waals surface area contributed by atoms with Crippen LogP contribution in [0.1, 0.15) is 46.2 Å². The molecule has 6 heteroatoms. The number of carbonyl (C=O) groups excluding carboxylic acids is 2. The van der Waals surface area contributed by atoms with Crippen LogP contribution in [0.5, 0.6) is 0 Å². The zero-order chi connectivity index (χ0) is 18.0. The fourth-order valence-electron chi connectivity index (χ4n) is 2.89. The van der Waals surface area contributed by atoms with Crippen molar-refractivity contribution < 1.29 is 9.59 Å². The van der Waals surface area contributed by atoms with E-state index in [-0.39, 0.29) is 0 Å². The quantitative estimate of drug-likeness (QED) is 0.649. The number of benzene rings is 1. The summed E-state index contributed by atoms with van der Waals surface area (Å²) in [6.45, 7) is 4.14. The first-order chi connectivity index (χ1) is 12.0. The molecule has 1 aliphatic carbocycles. The third-order valence-electron chi connectivity index (χ3n) is 4.24. The van der Waals surface area contributed by atoms with Crippen molar-refractivity contribution in [2.45, 2.75) is 32.7 Å². The summed E-state index contributed by atoms with van der Waals surface area (Å²) in [5.41, 5.74) is 8.50. The Kier molecular flexibility index (Phi) is 4.95. The van der Waals surface area contributed by atoms with Crippen molar-refractivity contribution in [1.82, 2.24) is 15.4 Å². The van der Waals surface area contributed by atoms with Crippen molar-refractivity contribution >= 4 is 29.5 Å². The lowest BCUT2D eigenvalue weighted by Crippen LogP contribution is -2.40. The Morgan fingerprint density at radius 3 is 2.64 bits per heavy atom. The summed E-state index contributed by atoms with van der Waals surface area (Å²) in [5.74, 6) is -0.817. The predicted octanol–water partition coefficient (Wildman–Crippen LogP) is 3.57. The first-order valence-corrected chi connectivity index (χ1v) is 8.56. The SMILES string of the molecule is Cc1cc(/C=C/C(=O)NNC(=O)c2cccc(Cl)c2)c(C)n1C1CC1. The van der Waals surface area contributed by atoms with Gasteiger partial charge in [0.05, 0.1) is 0 Å². The van der Waals surface area contributed by atoms with E-state index in [0.29, 0.717) is 16.6 Å². The number of hydrogen-bond acceptors (Lipinski definition) is 2. The molecule has 0 radical (unpaired) electrons. The second-order valence-electron chi connectivity index (χ2n) is 6.21. The number of nitrogens with zero attached hydrogens (tertiary/aromatic N) is 1. The molecule has 1 saturated carbocycles. The van der Waals surface area contributed by atoms with Crippen LogP contribution in [0.25, 0.3) is 6.08 Å². The van der Waals surface area contributed by atoms with Crippen LogP contribution >= 0.6 is 11.6 Å². The van der Waals surface area contributed by atoms with Crippen LogP contribution in [0, 0.1) is 13.8 Å². The van der Waals surface area contributed by atoms with Gasteiger partial charge in [-0.1, -0.05) is 17.7 Å². The average molecular weight is 358 g/mol. The molecule has 3 rings (SSSR count). The number of rotatable bonds is 4. The lowest BCUT2D eigenvalue weighted by atomic mass is 10.2. The molecule has 0 saturated heterocycles. The van der Waals surface area contributed by atoms with E-state index in [4.69, 9.17) is 11.6 Å². The zero-order valence-corrected chi connectivity index (χ0v) is 14.9. The molecule has 0 aliphatic heterocycles. The van der Waals surface area contributed by atoms with Crippen molar-refractivity contribution in [3.63, 3.8) is 0 Å². The second-order valence-corrected chi connectivity index (χ2v) is 6.65. The largest absolute Gasteiger partial charge is 0.346 e. The highest BCUT2D eigenvalue weighted by Gasteiger charge is 2.26. The molecule has 1 aromatic carbocycles. The van der Waals surface area contributed by atoms with Gasteiger partial charge in [-0.3, -0.25) is 20.4 Å². The minimum absolute atomic E-state index is 0.379. The summed E-state index contributed by atoms with van der Waals surface area (Å²) in [6.07, 6.45) is 5.62. The summed E-state index contributed by atoms with van der Waals surface area (Å²) in [6, 6.07) is 9.18. The smallest absolute Gasteiger partial charge is 0.269 e. The topological polar surface area (TPSA) is 63.1 Å². The van der Waals surface area contributed by atoms with Gasteiger partial charge in [0.2, 0.25) is 0 Å². The fraction of sp³-hybridized carbons (Fsp3) is 0.263. The Labute approximate surface area is 151 Å². The minimum atomic E-state index is -0.420. The number of carbonyl (C=O) groups is 2. The Morgan fingerprint density at radius 2 is 1.96 bits per heavy atom. The number of nitrogens with one attached hydrogen (secondary N) is 2. The maximum absolute atomic E-state index is 11.9. The molecule has 0 atom stereocenters. The molecule has 5 nitrogen and oxygen atoms in total. The molecule has 0 spiro atoms. The molecule has 1 aliphatic rings. The van der Waals surface area contributed by atoms with Crippen LogP contribution in [-0.4, -0.2) is 16.4 Å². The Bertz CT molecular complexity index is 850. The molecule has 2 aromatic rings. The van der Waals surface area contributed by atoms with Gasteiger partial charge in [0, 0.05) is 34.1 Å². The van der Waals surface area contributed by atoms with E-state index in [0.717, 1.165) is 11.3 Å². The highest BCUT2D eigenvalue weighted by atomic mass is 35.5. The summed E-state index contributed by atoms with van der Waals surface area (Å²) in [5, 5.41) is 0.463. The van der Waals surface area contributed by atoms with Crippen LogP contribution in [0.3, 0.4) is 0 Å². The number of aromatic nitrogens is 1. The van der Waals surface area contributed by atoms with Gasteiger partial charge in [-0.15, -0.1) is 0 Å². The first kappa shape index (κ1) is 17.3. The lowest BCUT2D eigenvalue weighted by Gasteiger charge is -2.07. The van der Waals surface area contributed by atoms with Crippen LogP contribution in [-0.2, 0) is 4.79 Å². The number of aryl methyl sites for hydroxylation is 1. The van der Waals surface area contributed by atoms with Crippen molar-refractivity contribution in [2.24, 2.45) is 0 Å². The Balaban J connectivity index is 1.58. The first-order valence-electron chi connectivity index (χ1n) is 8.18. The third kappa shape index (κ3) is 4.12. The summed E-state index contributed by atoms with van der Waals surface area (Å²) in [7, 11) is 0. The van der Waals surface area contributed by atoms with Crippen molar-refractivity contribution in [3.05, 3.63) is 63.9 Å². The van der Waals surface area contributed by atoms with Crippen molar-refractivity contribution in [2.75, 3.05) is 0 Å². The highest BCUT2D eigenvalue weighted by molar-refractivity contribution is 6.30. The predicted molar refractivity (Wildman–Crippen MR) is 98.3 cm³/mol. The van der Waals surface area contributed by atoms with Gasteiger partial charge in [0.25, 0.3) is 11.8 Å².